The second-order valence-corrected chi connectivity index (χ2v) is 8.56. The molecule has 0 amide bonds. The van der Waals surface area contributed by atoms with Gasteiger partial charge in [-0.2, -0.15) is 0 Å². The van der Waals surface area contributed by atoms with Gasteiger partial charge in [-0.3, -0.25) is 9.59 Å². The zero-order chi connectivity index (χ0) is 21.0. The smallest absolute Gasteiger partial charge is 0.326 e. The topological polar surface area (TPSA) is 91.3 Å². The van der Waals surface area contributed by atoms with Crippen LogP contribution in [0.1, 0.15) is 91.9 Å². The molecule has 0 spiro atoms. The molecule has 1 heterocycles. The molecule has 7 nitrogen and oxygen atoms in total. The van der Waals surface area contributed by atoms with E-state index in [1.807, 2.05) is 13.8 Å². The number of esters is 2. The molecule has 0 bridgehead atoms. The van der Waals surface area contributed by atoms with E-state index < -0.39 is 22.1 Å². The summed E-state index contributed by atoms with van der Waals surface area (Å²) in [5.41, 5.74) is -0.591. The van der Waals surface area contributed by atoms with Gasteiger partial charge in [0, 0.05) is 5.41 Å². The number of ether oxygens (including phenoxy) is 2. The molecule has 1 saturated heterocycles. The maximum atomic E-state index is 12.8. The predicted octanol–water partition coefficient (Wildman–Crippen LogP) is 5.23. The van der Waals surface area contributed by atoms with Gasteiger partial charge in [-0.15, -0.1) is 4.33 Å². The number of hydrogen-bond acceptors (Lipinski definition) is 8. The summed E-state index contributed by atoms with van der Waals surface area (Å²) in [6, 6.07) is 0. The van der Waals surface area contributed by atoms with Crippen molar-refractivity contribution in [1.29, 1.82) is 0 Å². The van der Waals surface area contributed by atoms with Crippen LogP contribution in [-0.4, -0.2) is 34.7 Å². The maximum absolute atomic E-state index is 12.8. The summed E-state index contributed by atoms with van der Waals surface area (Å²) in [7, 11) is 0. The monoisotopic (exact) mass is 420 g/mol. The van der Waals surface area contributed by atoms with E-state index in [0.29, 0.717) is 24.9 Å². The van der Waals surface area contributed by atoms with E-state index >= 15 is 0 Å². The first kappa shape index (κ1) is 25.2. The summed E-state index contributed by atoms with van der Waals surface area (Å²) in [5.74, 6) is -0.978. The highest BCUT2D eigenvalue weighted by atomic mass is 32.2. The number of cyclic esters (lactones) is 1. The molecule has 1 aliphatic rings. The fourth-order valence-corrected chi connectivity index (χ4v) is 4.82. The van der Waals surface area contributed by atoms with Gasteiger partial charge in [-0.25, -0.2) is 5.26 Å². The first-order chi connectivity index (χ1) is 13.4. The minimum Gasteiger partial charge on any atom is -0.464 e. The molecule has 1 fully saturated rings. The Bertz CT molecular complexity index is 487. The molecule has 1 rings (SSSR count). The maximum Gasteiger partial charge on any atom is 0.326 e. The molecule has 1 aliphatic heterocycles. The van der Waals surface area contributed by atoms with Crippen LogP contribution in [0.2, 0.25) is 0 Å². The Morgan fingerprint density at radius 3 is 2.50 bits per heavy atom. The van der Waals surface area contributed by atoms with E-state index in [-0.39, 0.29) is 19.1 Å². The Morgan fingerprint density at radius 1 is 1.21 bits per heavy atom. The summed E-state index contributed by atoms with van der Waals surface area (Å²) in [5, 5.41) is 12.4. The number of rotatable bonds is 15. The van der Waals surface area contributed by atoms with Crippen molar-refractivity contribution in [3.8, 4) is 0 Å². The van der Waals surface area contributed by atoms with Gasteiger partial charge in [0.1, 0.15) is 6.10 Å². The van der Waals surface area contributed by atoms with Crippen molar-refractivity contribution in [2.24, 2.45) is 5.41 Å². The standard InChI is InChI=1S/C20H36O7S/c1-5-9-11-12-16(7-3)25-17(21)14-20(28-27-26-23)18(22)24-15-19(20,8-4)13-10-6-2/h16,23H,5-15H2,1-4H3. The van der Waals surface area contributed by atoms with E-state index in [0.717, 1.165) is 44.9 Å². The van der Waals surface area contributed by atoms with E-state index in [2.05, 4.69) is 18.9 Å². The highest BCUT2D eigenvalue weighted by Gasteiger charge is 2.64. The van der Waals surface area contributed by atoms with E-state index in [1.54, 1.807) is 0 Å². The molecular formula is C20H36O7S. The Labute approximate surface area is 172 Å². The van der Waals surface area contributed by atoms with E-state index in [9.17, 15) is 9.59 Å². The minimum atomic E-state index is -1.31. The lowest BCUT2D eigenvalue weighted by Gasteiger charge is -2.39. The summed E-state index contributed by atoms with van der Waals surface area (Å²) in [6.45, 7) is 8.37. The molecule has 1 N–H and O–H groups in total. The number of hydrogen-bond donors (Lipinski definition) is 1. The molecule has 0 saturated carbocycles. The van der Waals surface area contributed by atoms with Crippen LogP contribution in [0.5, 0.6) is 0 Å². The van der Waals surface area contributed by atoms with Crippen LogP contribution in [-0.2, 0) is 28.4 Å². The minimum absolute atomic E-state index is 0.166. The third kappa shape index (κ3) is 6.08. The summed E-state index contributed by atoms with van der Waals surface area (Å²) in [6.07, 6.45) is 7.56. The number of unbranched alkanes of at least 4 members (excludes halogenated alkanes) is 3. The van der Waals surface area contributed by atoms with Gasteiger partial charge in [-0.1, -0.05) is 58.4 Å². The van der Waals surface area contributed by atoms with Crippen molar-refractivity contribution in [3.05, 3.63) is 0 Å². The van der Waals surface area contributed by atoms with Gasteiger partial charge in [0.15, 0.2) is 4.75 Å². The van der Waals surface area contributed by atoms with Crippen LogP contribution in [0, 0.1) is 5.41 Å². The first-order valence-corrected chi connectivity index (χ1v) is 11.2. The fraction of sp³-hybridized carbons (Fsp3) is 0.900. The van der Waals surface area contributed by atoms with Gasteiger partial charge in [0.2, 0.25) is 0 Å². The predicted molar refractivity (Wildman–Crippen MR) is 107 cm³/mol. The normalized spacial score (nSPS) is 25.5. The summed E-state index contributed by atoms with van der Waals surface area (Å²) < 4.78 is 14.5. The molecule has 28 heavy (non-hydrogen) atoms. The Balaban J connectivity index is 3.00. The van der Waals surface area contributed by atoms with Gasteiger partial charge in [0.25, 0.3) is 0 Å². The van der Waals surface area contributed by atoms with Crippen LogP contribution in [0.25, 0.3) is 0 Å². The van der Waals surface area contributed by atoms with Crippen molar-refractivity contribution in [3.63, 3.8) is 0 Å². The lowest BCUT2D eigenvalue weighted by atomic mass is 9.70. The lowest BCUT2D eigenvalue weighted by Crippen LogP contribution is -2.49. The van der Waals surface area contributed by atoms with Gasteiger partial charge in [-0.05, 0) is 32.1 Å². The van der Waals surface area contributed by atoms with Crippen molar-refractivity contribution >= 4 is 24.0 Å². The average molecular weight is 421 g/mol. The lowest BCUT2D eigenvalue weighted by molar-refractivity contribution is -0.432. The van der Waals surface area contributed by atoms with Crippen LogP contribution < -0.4 is 0 Å². The quantitative estimate of drug-likeness (QED) is 0.127. The molecule has 0 radical (unpaired) electrons. The zero-order valence-electron chi connectivity index (χ0n) is 17.7. The van der Waals surface area contributed by atoms with Crippen LogP contribution in [0.15, 0.2) is 0 Å². The number of carbonyl (C=O) groups excluding carboxylic acids is 2. The average Bonchev–Trinajstić information content (AvgIpc) is 2.96. The highest BCUT2D eigenvalue weighted by Crippen LogP contribution is 2.55. The number of carbonyl (C=O) groups is 2. The third-order valence-electron chi connectivity index (χ3n) is 5.83. The van der Waals surface area contributed by atoms with Gasteiger partial charge >= 0.3 is 11.9 Å². The Kier molecular flexibility index (Phi) is 11.4. The largest absolute Gasteiger partial charge is 0.464 e. The molecule has 0 aromatic rings. The van der Waals surface area contributed by atoms with Gasteiger partial charge in [0.05, 0.1) is 25.1 Å². The zero-order valence-corrected chi connectivity index (χ0v) is 18.5. The van der Waals surface area contributed by atoms with Crippen LogP contribution in [0.3, 0.4) is 0 Å². The SMILES string of the molecule is CCCCCC(CC)OC(=O)CC1(SOOO)C(=O)OCC1(CC)CCCC. The van der Waals surface area contributed by atoms with E-state index in [4.69, 9.17) is 19.1 Å². The summed E-state index contributed by atoms with van der Waals surface area (Å²) in [4.78, 5) is 25.6. The molecule has 0 aliphatic carbocycles. The fourth-order valence-electron chi connectivity index (χ4n) is 3.89. The highest BCUT2D eigenvalue weighted by molar-refractivity contribution is 7.96. The van der Waals surface area contributed by atoms with E-state index in [1.165, 1.54) is 0 Å². The van der Waals surface area contributed by atoms with Crippen molar-refractivity contribution in [2.75, 3.05) is 6.61 Å². The third-order valence-corrected chi connectivity index (χ3v) is 6.99. The summed E-state index contributed by atoms with van der Waals surface area (Å²) >= 11 is 0.658. The van der Waals surface area contributed by atoms with Crippen LogP contribution >= 0.6 is 12.0 Å². The second-order valence-electron chi connectivity index (χ2n) is 7.56. The molecule has 8 heteroatoms. The second kappa shape index (κ2) is 12.7. The van der Waals surface area contributed by atoms with Crippen molar-refractivity contribution in [2.45, 2.75) is 103 Å². The molecule has 0 aromatic heterocycles. The Morgan fingerprint density at radius 2 is 1.93 bits per heavy atom. The van der Waals surface area contributed by atoms with Crippen LogP contribution in [0.4, 0.5) is 0 Å². The molecule has 164 valence electrons. The molecule has 0 aromatic carbocycles. The molecule has 3 unspecified atom stereocenters. The van der Waals surface area contributed by atoms with Crippen molar-refractivity contribution in [1.82, 2.24) is 0 Å². The first-order valence-electron chi connectivity index (χ1n) is 10.5. The molecular weight excluding hydrogens is 384 g/mol. The Hall–Kier alpha value is -0.830. The van der Waals surface area contributed by atoms with Gasteiger partial charge < -0.3 is 9.47 Å². The van der Waals surface area contributed by atoms with Crippen molar-refractivity contribution < 1.29 is 33.7 Å². The molecule has 3 atom stereocenters.